The molecule has 17 heavy (non-hydrogen) atoms. The summed E-state index contributed by atoms with van der Waals surface area (Å²) in [6, 6.07) is 8.72. The van der Waals surface area contributed by atoms with Gasteiger partial charge in [0.2, 0.25) is 0 Å². The first-order valence-electron chi connectivity index (χ1n) is 5.19. The second-order valence-electron chi connectivity index (χ2n) is 3.74. The second-order valence-corrected chi connectivity index (χ2v) is 3.74. The molecule has 0 atom stereocenters. The van der Waals surface area contributed by atoms with Gasteiger partial charge in [-0.05, 0) is 37.3 Å². The zero-order chi connectivity index (χ0) is 11.8. The van der Waals surface area contributed by atoms with Crippen molar-refractivity contribution in [1.29, 1.82) is 0 Å². The van der Waals surface area contributed by atoms with E-state index in [1.54, 1.807) is 36.6 Å². The Labute approximate surface area is 96.9 Å². The van der Waals surface area contributed by atoms with E-state index in [2.05, 4.69) is 4.98 Å². The molecule has 0 N–H and O–H groups in total. The maximum Gasteiger partial charge on any atom is 0.263 e. The van der Waals surface area contributed by atoms with Crippen LogP contribution in [0.2, 0.25) is 0 Å². The zero-order valence-corrected chi connectivity index (χ0v) is 9.14. The van der Waals surface area contributed by atoms with Crippen molar-refractivity contribution in [1.82, 2.24) is 4.98 Å². The van der Waals surface area contributed by atoms with Gasteiger partial charge in [0.15, 0.2) is 17.1 Å². The Morgan fingerprint density at radius 1 is 1.29 bits per heavy atom. The summed E-state index contributed by atoms with van der Waals surface area (Å²) < 4.78 is 10.7. The third-order valence-corrected chi connectivity index (χ3v) is 2.53. The fourth-order valence-corrected chi connectivity index (χ4v) is 1.65. The molecule has 0 amide bonds. The van der Waals surface area contributed by atoms with Crippen molar-refractivity contribution in [2.45, 2.75) is 6.92 Å². The Balaban J connectivity index is 2.16. The number of carbonyl (C=O) groups is 1. The van der Waals surface area contributed by atoms with Crippen LogP contribution in [-0.4, -0.2) is 10.8 Å². The van der Waals surface area contributed by atoms with Crippen molar-refractivity contribution >= 4 is 16.9 Å². The molecule has 0 bridgehead atoms. The molecule has 2 heterocycles. The number of rotatable bonds is 2. The lowest BCUT2D eigenvalue weighted by molar-refractivity contribution is 0.101. The van der Waals surface area contributed by atoms with E-state index >= 15 is 0 Å². The van der Waals surface area contributed by atoms with Crippen LogP contribution in [0.15, 0.2) is 45.4 Å². The van der Waals surface area contributed by atoms with Crippen LogP contribution in [0.4, 0.5) is 0 Å². The molecular formula is C13H9NO3. The molecule has 0 saturated carbocycles. The number of fused-ring (bicyclic) bond motifs is 1. The van der Waals surface area contributed by atoms with Gasteiger partial charge in [0, 0.05) is 5.56 Å². The third-order valence-electron chi connectivity index (χ3n) is 2.53. The monoisotopic (exact) mass is 227 g/mol. The number of carbonyl (C=O) groups excluding carboxylic acids is 1. The van der Waals surface area contributed by atoms with Gasteiger partial charge >= 0.3 is 0 Å². The largest absolute Gasteiger partial charge is 0.459 e. The minimum absolute atomic E-state index is 0.00875. The highest BCUT2D eigenvalue weighted by Gasteiger charge is 2.11. The number of furan rings is 1. The quantitative estimate of drug-likeness (QED) is 0.630. The Morgan fingerprint density at radius 2 is 2.18 bits per heavy atom. The highest BCUT2D eigenvalue weighted by Crippen LogP contribution is 2.25. The highest BCUT2D eigenvalue weighted by atomic mass is 16.4. The molecule has 0 aliphatic rings. The van der Waals surface area contributed by atoms with Crippen LogP contribution in [0, 0.1) is 0 Å². The summed E-state index contributed by atoms with van der Waals surface area (Å²) in [6.07, 6.45) is 1.56. The van der Waals surface area contributed by atoms with Crippen molar-refractivity contribution in [3.8, 4) is 11.7 Å². The first-order valence-corrected chi connectivity index (χ1v) is 5.19. The number of aromatic nitrogens is 1. The molecule has 0 saturated heterocycles. The number of oxazole rings is 1. The van der Waals surface area contributed by atoms with Crippen LogP contribution in [0.25, 0.3) is 22.8 Å². The molecule has 0 spiro atoms. The smallest absolute Gasteiger partial charge is 0.263 e. The minimum Gasteiger partial charge on any atom is -0.459 e. The fraction of sp³-hybridized carbons (Fsp3) is 0.0769. The molecular weight excluding hydrogens is 218 g/mol. The molecule has 2 aromatic heterocycles. The van der Waals surface area contributed by atoms with Gasteiger partial charge < -0.3 is 8.83 Å². The Morgan fingerprint density at radius 3 is 2.88 bits per heavy atom. The standard InChI is InChI=1S/C13H9NO3/c1-8(15)9-4-5-11-10(7-9)14-13(17-11)12-3-2-6-16-12/h2-7H,1H3. The molecule has 4 heteroatoms. The van der Waals surface area contributed by atoms with Crippen LogP contribution in [0.1, 0.15) is 17.3 Å². The number of hydrogen-bond donors (Lipinski definition) is 0. The molecule has 0 unspecified atom stereocenters. The molecule has 0 aliphatic carbocycles. The fourth-order valence-electron chi connectivity index (χ4n) is 1.65. The molecule has 3 rings (SSSR count). The Bertz CT molecular complexity index is 680. The van der Waals surface area contributed by atoms with Gasteiger partial charge in [-0.1, -0.05) is 0 Å². The van der Waals surface area contributed by atoms with Gasteiger partial charge in [0.25, 0.3) is 5.89 Å². The number of Topliss-reactive ketones (excluding diaryl/α,β-unsaturated/α-hetero) is 1. The number of benzene rings is 1. The van der Waals surface area contributed by atoms with E-state index in [1.807, 2.05) is 0 Å². The summed E-state index contributed by atoms with van der Waals surface area (Å²) >= 11 is 0. The number of ketones is 1. The molecule has 0 radical (unpaired) electrons. The van der Waals surface area contributed by atoms with Crippen LogP contribution in [0.5, 0.6) is 0 Å². The lowest BCUT2D eigenvalue weighted by Crippen LogP contribution is -1.90. The topological polar surface area (TPSA) is 56.2 Å². The SMILES string of the molecule is CC(=O)c1ccc2oc(-c3ccco3)nc2c1. The third kappa shape index (κ3) is 1.63. The van der Waals surface area contributed by atoms with Crippen LogP contribution >= 0.6 is 0 Å². The number of nitrogens with zero attached hydrogens (tertiary/aromatic N) is 1. The molecule has 0 fully saturated rings. The molecule has 1 aromatic carbocycles. The first kappa shape index (κ1) is 9.84. The van der Waals surface area contributed by atoms with E-state index in [0.717, 1.165) is 0 Å². The van der Waals surface area contributed by atoms with Crippen molar-refractivity contribution in [3.63, 3.8) is 0 Å². The lowest BCUT2D eigenvalue weighted by Gasteiger charge is -1.92. The van der Waals surface area contributed by atoms with E-state index in [-0.39, 0.29) is 5.78 Å². The predicted octanol–water partition coefficient (Wildman–Crippen LogP) is 3.29. The Kier molecular flexibility index (Phi) is 2.08. The summed E-state index contributed by atoms with van der Waals surface area (Å²) in [5.74, 6) is 1.01. The van der Waals surface area contributed by atoms with Gasteiger partial charge in [-0.2, -0.15) is 0 Å². The van der Waals surface area contributed by atoms with E-state index in [0.29, 0.717) is 28.3 Å². The van der Waals surface area contributed by atoms with Crippen LogP contribution in [-0.2, 0) is 0 Å². The van der Waals surface area contributed by atoms with E-state index < -0.39 is 0 Å². The van der Waals surface area contributed by atoms with Crippen LogP contribution < -0.4 is 0 Å². The average molecular weight is 227 g/mol. The van der Waals surface area contributed by atoms with Gasteiger partial charge in [0.1, 0.15) is 5.52 Å². The molecule has 4 nitrogen and oxygen atoms in total. The molecule has 84 valence electrons. The van der Waals surface area contributed by atoms with E-state index in [9.17, 15) is 4.79 Å². The van der Waals surface area contributed by atoms with E-state index in [1.165, 1.54) is 6.92 Å². The second kappa shape index (κ2) is 3.59. The van der Waals surface area contributed by atoms with Gasteiger partial charge in [0.05, 0.1) is 6.26 Å². The van der Waals surface area contributed by atoms with E-state index in [4.69, 9.17) is 8.83 Å². The maximum atomic E-state index is 11.2. The van der Waals surface area contributed by atoms with Gasteiger partial charge in [-0.25, -0.2) is 4.98 Å². The van der Waals surface area contributed by atoms with Crippen molar-refractivity contribution in [3.05, 3.63) is 42.2 Å². The average Bonchev–Trinajstić information content (AvgIpc) is 2.96. The molecule has 0 aliphatic heterocycles. The summed E-state index contributed by atoms with van der Waals surface area (Å²) in [6.45, 7) is 1.52. The summed E-state index contributed by atoms with van der Waals surface area (Å²) in [5, 5.41) is 0. The van der Waals surface area contributed by atoms with Crippen molar-refractivity contribution in [2.75, 3.05) is 0 Å². The summed E-state index contributed by atoms with van der Waals surface area (Å²) in [4.78, 5) is 15.5. The number of hydrogen-bond acceptors (Lipinski definition) is 4. The minimum atomic E-state index is 0.00875. The highest BCUT2D eigenvalue weighted by molar-refractivity contribution is 5.97. The normalized spacial score (nSPS) is 10.9. The van der Waals surface area contributed by atoms with Crippen molar-refractivity contribution in [2.24, 2.45) is 0 Å². The van der Waals surface area contributed by atoms with Gasteiger partial charge in [-0.3, -0.25) is 4.79 Å². The summed E-state index contributed by atoms with van der Waals surface area (Å²) in [7, 11) is 0. The summed E-state index contributed by atoms with van der Waals surface area (Å²) in [5.41, 5.74) is 1.92. The maximum absolute atomic E-state index is 11.2. The zero-order valence-electron chi connectivity index (χ0n) is 9.14. The lowest BCUT2D eigenvalue weighted by atomic mass is 10.1. The van der Waals surface area contributed by atoms with Crippen molar-refractivity contribution < 1.29 is 13.6 Å². The first-order chi connectivity index (χ1) is 8.24. The van der Waals surface area contributed by atoms with Crippen LogP contribution in [0.3, 0.4) is 0 Å². The molecule has 3 aromatic rings. The predicted molar refractivity (Wildman–Crippen MR) is 61.7 cm³/mol. The van der Waals surface area contributed by atoms with Gasteiger partial charge in [-0.15, -0.1) is 0 Å². The Hall–Kier alpha value is -2.36.